The minimum Gasteiger partial charge on any atom is -0.396 e. The maximum atomic E-state index is 13.4. The zero-order chi connectivity index (χ0) is 44.8. The predicted molar refractivity (Wildman–Crippen MR) is 276 cm³/mol. The van der Waals surface area contributed by atoms with Crippen LogP contribution in [0.25, 0.3) is 0 Å². The van der Waals surface area contributed by atoms with Crippen LogP contribution < -0.4 is 0 Å². The van der Waals surface area contributed by atoms with Crippen molar-refractivity contribution in [3.63, 3.8) is 0 Å². The minimum absolute atomic E-state index is 0.356. The van der Waals surface area contributed by atoms with Crippen LogP contribution in [0.15, 0.2) is 12.2 Å². The van der Waals surface area contributed by atoms with Crippen LogP contribution in [0, 0.1) is 0 Å². The highest BCUT2D eigenvalue weighted by Gasteiger charge is 2.13. The van der Waals surface area contributed by atoms with Crippen LogP contribution >= 0.6 is 0 Å². The number of hydrogen-bond acceptors (Lipinski definition) is 3. The number of amides is 1. The van der Waals surface area contributed by atoms with Crippen molar-refractivity contribution in [2.24, 2.45) is 0 Å². The van der Waals surface area contributed by atoms with Gasteiger partial charge in [0.05, 0.1) is 0 Å². The van der Waals surface area contributed by atoms with Gasteiger partial charge in [-0.2, -0.15) is 0 Å². The van der Waals surface area contributed by atoms with Crippen molar-refractivity contribution in [3.8, 4) is 0 Å². The molecule has 2 N–H and O–H groups in total. The lowest BCUT2D eigenvalue weighted by Gasteiger charge is -2.23. The van der Waals surface area contributed by atoms with E-state index in [2.05, 4.69) is 24.0 Å². The topological polar surface area (TPSA) is 60.8 Å². The lowest BCUT2D eigenvalue weighted by Crippen LogP contribution is -2.32. The second-order valence-corrected chi connectivity index (χ2v) is 19.9. The second-order valence-electron chi connectivity index (χ2n) is 19.9. The first-order valence-corrected chi connectivity index (χ1v) is 28.9. The zero-order valence-electron chi connectivity index (χ0n) is 42.6. The second kappa shape index (κ2) is 56.3. The smallest absolute Gasteiger partial charge is 0.222 e. The van der Waals surface area contributed by atoms with E-state index >= 15 is 0 Å². The van der Waals surface area contributed by atoms with Gasteiger partial charge in [0.1, 0.15) is 0 Å². The van der Waals surface area contributed by atoms with E-state index in [1.807, 2.05) is 0 Å². The largest absolute Gasteiger partial charge is 0.396 e. The Morgan fingerprint density at radius 3 is 0.806 bits per heavy atom. The van der Waals surface area contributed by atoms with Crippen molar-refractivity contribution in [2.75, 3.05) is 26.3 Å². The van der Waals surface area contributed by atoms with E-state index in [1.165, 1.54) is 295 Å². The lowest BCUT2D eigenvalue weighted by molar-refractivity contribution is -0.131. The number of carbonyl (C=O) groups is 1. The van der Waals surface area contributed by atoms with Gasteiger partial charge in [-0.1, -0.05) is 276 Å². The fraction of sp³-hybridized carbons (Fsp3) is 0.948. The van der Waals surface area contributed by atoms with E-state index in [4.69, 9.17) is 10.2 Å². The molecule has 0 rings (SSSR count). The van der Waals surface area contributed by atoms with Crippen LogP contribution in [-0.2, 0) is 4.79 Å². The first-order valence-electron chi connectivity index (χ1n) is 28.9. The Labute approximate surface area is 390 Å². The monoisotopic (exact) mass is 874 g/mol. The molecule has 0 aliphatic rings. The highest BCUT2D eigenvalue weighted by atomic mass is 16.3. The summed E-state index contributed by atoms with van der Waals surface area (Å²) in [5.74, 6) is 0.439. The molecule has 370 valence electrons. The molecule has 0 radical (unpaired) electrons. The van der Waals surface area contributed by atoms with Crippen LogP contribution in [0.1, 0.15) is 328 Å². The molecule has 0 heterocycles. The fourth-order valence-corrected chi connectivity index (χ4v) is 9.35. The summed E-state index contributed by atoms with van der Waals surface area (Å²) in [5.41, 5.74) is 0. The van der Waals surface area contributed by atoms with Gasteiger partial charge in [0.15, 0.2) is 0 Å². The Balaban J connectivity index is 4.10. The maximum absolute atomic E-state index is 13.4. The van der Waals surface area contributed by atoms with E-state index < -0.39 is 0 Å². The molecule has 0 aromatic rings. The van der Waals surface area contributed by atoms with Gasteiger partial charge in [-0.25, -0.2) is 0 Å². The number of allylic oxidation sites excluding steroid dienone is 2. The number of nitrogens with zero attached hydrogens (tertiary/aromatic N) is 1. The summed E-state index contributed by atoms with van der Waals surface area (Å²) < 4.78 is 0. The Kier molecular flexibility index (Phi) is 55.5. The summed E-state index contributed by atoms with van der Waals surface area (Å²) in [4.78, 5) is 15.7. The van der Waals surface area contributed by atoms with E-state index in [0.29, 0.717) is 19.1 Å². The Morgan fingerprint density at radius 2 is 0.532 bits per heavy atom. The third kappa shape index (κ3) is 51.8. The molecule has 0 atom stereocenters. The number of carbonyl (C=O) groups excluding carboxylic acids is 1. The third-order valence-corrected chi connectivity index (χ3v) is 13.7. The molecular formula is C58H115NO3. The molecular weight excluding hydrogens is 759 g/mol. The van der Waals surface area contributed by atoms with Crippen LogP contribution in [0.3, 0.4) is 0 Å². The Morgan fingerprint density at radius 1 is 0.306 bits per heavy atom. The highest BCUT2D eigenvalue weighted by Crippen LogP contribution is 2.18. The molecule has 0 spiro atoms. The average molecular weight is 875 g/mol. The van der Waals surface area contributed by atoms with Gasteiger partial charge >= 0.3 is 0 Å². The van der Waals surface area contributed by atoms with Crippen molar-refractivity contribution in [3.05, 3.63) is 12.2 Å². The number of aliphatic hydroxyl groups excluding tert-OH is 2. The normalized spacial score (nSPS) is 11.7. The molecule has 0 unspecified atom stereocenters. The number of rotatable bonds is 55. The van der Waals surface area contributed by atoms with Crippen molar-refractivity contribution in [2.45, 2.75) is 328 Å². The fourth-order valence-electron chi connectivity index (χ4n) is 9.35. The zero-order valence-corrected chi connectivity index (χ0v) is 42.6. The van der Waals surface area contributed by atoms with Crippen molar-refractivity contribution in [1.29, 1.82) is 0 Å². The van der Waals surface area contributed by atoms with Gasteiger partial charge in [0.25, 0.3) is 0 Å². The molecule has 0 aromatic carbocycles. The summed E-state index contributed by atoms with van der Waals surface area (Å²) in [6.07, 6.45) is 70.8. The first-order chi connectivity index (χ1) is 30.8. The van der Waals surface area contributed by atoms with Gasteiger partial charge in [0, 0.05) is 32.7 Å². The van der Waals surface area contributed by atoms with E-state index in [-0.39, 0.29) is 0 Å². The molecule has 0 saturated heterocycles. The molecule has 62 heavy (non-hydrogen) atoms. The molecule has 0 aliphatic carbocycles. The molecule has 1 amide bonds. The van der Waals surface area contributed by atoms with Gasteiger partial charge < -0.3 is 15.1 Å². The average Bonchev–Trinajstić information content (AvgIpc) is 3.28. The van der Waals surface area contributed by atoms with Crippen LogP contribution in [0.4, 0.5) is 0 Å². The third-order valence-electron chi connectivity index (χ3n) is 13.7. The summed E-state index contributed by atoms with van der Waals surface area (Å²) in [7, 11) is 0. The number of aliphatic hydroxyl groups is 2. The highest BCUT2D eigenvalue weighted by molar-refractivity contribution is 5.76. The van der Waals surface area contributed by atoms with E-state index in [9.17, 15) is 4.79 Å². The van der Waals surface area contributed by atoms with E-state index in [0.717, 1.165) is 38.8 Å². The Hall–Kier alpha value is -0.870. The van der Waals surface area contributed by atoms with Crippen molar-refractivity contribution < 1.29 is 15.0 Å². The lowest BCUT2D eigenvalue weighted by atomic mass is 10.0. The van der Waals surface area contributed by atoms with Crippen LogP contribution in [-0.4, -0.2) is 47.3 Å². The summed E-state index contributed by atoms with van der Waals surface area (Å²) >= 11 is 0. The summed E-state index contributed by atoms with van der Waals surface area (Å²) in [6.45, 7) is 4.98. The molecule has 0 fully saturated rings. The quantitative estimate of drug-likeness (QED) is 0.0473. The summed E-state index contributed by atoms with van der Waals surface area (Å²) in [5, 5.41) is 17.8. The van der Waals surface area contributed by atoms with Gasteiger partial charge in [-0.05, 0) is 57.8 Å². The minimum atomic E-state index is 0.356. The predicted octanol–water partition coefficient (Wildman–Crippen LogP) is 18.9. The SMILES string of the molecule is CCCCCCCC/C=C\CCCCCCCCCCCC(=O)N(CCCCCCCCCCCCCCCCCCO)CCCCCCCCCCCCCCCCCCO. The molecule has 0 aromatic heterocycles. The van der Waals surface area contributed by atoms with Crippen LogP contribution in [0.2, 0.25) is 0 Å². The van der Waals surface area contributed by atoms with Crippen molar-refractivity contribution >= 4 is 5.91 Å². The first kappa shape index (κ1) is 61.1. The molecule has 0 saturated carbocycles. The molecule has 4 heteroatoms. The van der Waals surface area contributed by atoms with E-state index in [1.54, 1.807) is 0 Å². The van der Waals surface area contributed by atoms with Gasteiger partial charge in [-0.15, -0.1) is 0 Å². The van der Waals surface area contributed by atoms with Gasteiger partial charge in [-0.3, -0.25) is 4.79 Å². The van der Waals surface area contributed by atoms with Crippen molar-refractivity contribution in [1.82, 2.24) is 4.90 Å². The maximum Gasteiger partial charge on any atom is 0.222 e. The molecule has 4 nitrogen and oxygen atoms in total. The summed E-state index contributed by atoms with van der Waals surface area (Å²) in [6, 6.07) is 0. The molecule has 0 bridgehead atoms. The Bertz CT molecular complexity index is 807. The number of unbranched alkanes of at least 4 members (excludes halogenated alkanes) is 45. The molecule has 0 aliphatic heterocycles. The van der Waals surface area contributed by atoms with Gasteiger partial charge in [0.2, 0.25) is 5.91 Å². The number of hydrogen-bond donors (Lipinski definition) is 2. The van der Waals surface area contributed by atoms with Crippen LogP contribution in [0.5, 0.6) is 0 Å². The standard InChI is InChI=1S/C58H115NO3/c1-2-3-4-5-6-7-8-9-10-11-12-13-18-23-28-33-38-43-48-53-58(62)59(54-49-44-39-34-29-24-19-14-16-21-26-31-36-41-46-51-56-60)55-50-45-40-35-30-25-20-15-17-22-27-32-37-42-47-52-57-61/h9-10,60-61H,2-8,11-57H2,1H3/b10-9-.